The minimum absolute atomic E-state index is 0.0602. The van der Waals surface area contributed by atoms with E-state index in [1.165, 1.54) is 23.1 Å². The van der Waals surface area contributed by atoms with E-state index in [4.69, 9.17) is 28.9 Å². The monoisotopic (exact) mass is 326 g/mol. The molecule has 2 aromatic rings. The smallest absolute Gasteiger partial charge is 0.253 e. The number of anilines is 1. The Morgan fingerprint density at radius 3 is 2.67 bits per heavy atom. The van der Waals surface area contributed by atoms with E-state index < -0.39 is 5.82 Å². The Morgan fingerprint density at radius 2 is 2.00 bits per heavy atom. The van der Waals surface area contributed by atoms with Crippen LogP contribution < -0.4 is 5.73 Å². The molecule has 0 bridgehead atoms. The predicted octanol–water partition coefficient (Wildman–Crippen LogP) is 3.99. The standard InChI is InChI=1S/C15H13Cl2FN2O/c1-20(8-10-3-2-4-11(16)14(10)17)15(21)9-5-6-12(18)13(19)7-9/h2-7H,8,19H2,1H3. The highest BCUT2D eigenvalue weighted by atomic mass is 35.5. The lowest BCUT2D eigenvalue weighted by Gasteiger charge is -2.18. The Hall–Kier alpha value is -1.78. The first-order valence-corrected chi connectivity index (χ1v) is 6.89. The number of amides is 1. The molecule has 0 saturated heterocycles. The molecular weight excluding hydrogens is 314 g/mol. The second-order valence-corrected chi connectivity index (χ2v) is 5.40. The topological polar surface area (TPSA) is 46.3 Å². The Labute approximate surface area is 132 Å². The van der Waals surface area contributed by atoms with Crippen molar-refractivity contribution >= 4 is 34.8 Å². The highest BCUT2D eigenvalue weighted by molar-refractivity contribution is 6.42. The molecule has 1 amide bonds. The van der Waals surface area contributed by atoms with Crippen molar-refractivity contribution in [2.24, 2.45) is 0 Å². The summed E-state index contributed by atoms with van der Waals surface area (Å²) in [6.07, 6.45) is 0. The van der Waals surface area contributed by atoms with E-state index in [-0.39, 0.29) is 18.1 Å². The first-order chi connectivity index (χ1) is 9.90. The van der Waals surface area contributed by atoms with E-state index in [0.29, 0.717) is 15.6 Å². The van der Waals surface area contributed by atoms with E-state index in [9.17, 15) is 9.18 Å². The third kappa shape index (κ3) is 3.46. The van der Waals surface area contributed by atoms with Gasteiger partial charge in [0.1, 0.15) is 5.82 Å². The van der Waals surface area contributed by atoms with Crippen LogP contribution in [0.15, 0.2) is 36.4 Å². The van der Waals surface area contributed by atoms with Crippen molar-refractivity contribution < 1.29 is 9.18 Å². The number of carbonyl (C=O) groups is 1. The molecule has 21 heavy (non-hydrogen) atoms. The Balaban J connectivity index is 2.19. The molecule has 0 radical (unpaired) electrons. The lowest BCUT2D eigenvalue weighted by atomic mass is 10.1. The zero-order valence-corrected chi connectivity index (χ0v) is 12.7. The number of halogens is 3. The van der Waals surface area contributed by atoms with Gasteiger partial charge in [-0.25, -0.2) is 4.39 Å². The molecule has 0 atom stereocenters. The molecule has 2 aromatic carbocycles. The normalized spacial score (nSPS) is 10.5. The fraction of sp³-hybridized carbons (Fsp3) is 0.133. The summed E-state index contributed by atoms with van der Waals surface area (Å²) in [6.45, 7) is 0.287. The van der Waals surface area contributed by atoms with Crippen molar-refractivity contribution in [3.8, 4) is 0 Å². The van der Waals surface area contributed by atoms with Gasteiger partial charge in [-0.15, -0.1) is 0 Å². The zero-order chi connectivity index (χ0) is 15.6. The van der Waals surface area contributed by atoms with Gasteiger partial charge in [0.2, 0.25) is 0 Å². The van der Waals surface area contributed by atoms with Crippen LogP contribution in [0.3, 0.4) is 0 Å². The summed E-state index contributed by atoms with van der Waals surface area (Å²) in [6, 6.07) is 9.10. The van der Waals surface area contributed by atoms with Gasteiger partial charge in [-0.05, 0) is 29.8 Å². The van der Waals surface area contributed by atoms with Crippen molar-refractivity contribution in [2.75, 3.05) is 12.8 Å². The quantitative estimate of drug-likeness (QED) is 0.867. The molecule has 0 spiro atoms. The second kappa shape index (κ2) is 6.33. The molecule has 3 nitrogen and oxygen atoms in total. The van der Waals surface area contributed by atoms with E-state index in [0.717, 1.165) is 5.56 Å². The van der Waals surface area contributed by atoms with Crippen LogP contribution in [-0.2, 0) is 6.54 Å². The molecule has 0 heterocycles. The second-order valence-electron chi connectivity index (χ2n) is 4.61. The van der Waals surface area contributed by atoms with Gasteiger partial charge in [-0.1, -0.05) is 35.3 Å². The van der Waals surface area contributed by atoms with Crippen LogP contribution in [0.1, 0.15) is 15.9 Å². The molecule has 0 aromatic heterocycles. The summed E-state index contributed by atoms with van der Waals surface area (Å²) in [5.41, 5.74) is 6.46. The van der Waals surface area contributed by atoms with Gasteiger partial charge in [0.05, 0.1) is 15.7 Å². The molecule has 0 fully saturated rings. The van der Waals surface area contributed by atoms with Crippen molar-refractivity contribution in [3.63, 3.8) is 0 Å². The first-order valence-electron chi connectivity index (χ1n) is 6.13. The van der Waals surface area contributed by atoms with Crippen LogP contribution in [-0.4, -0.2) is 17.9 Å². The lowest BCUT2D eigenvalue weighted by molar-refractivity contribution is 0.0785. The van der Waals surface area contributed by atoms with E-state index in [2.05, 4.69) is 0 Å². The molecule has 6 heteroatoms. The number of nitrogens with zero attached hydrogens (tertiary/aromatic N) is 1. The molecule has 2 N–H and O–H groups in total. The first kappa shape index (κ1) is 15.6. The Morgan fingerprint density at radius 1 is 1.29 bits per heavy atom. The molecule has 0 unspecified atom stereocenters. The van der Waals surface area contributed by atoms with Gasteiger partial charge in [-0.2, -0.15) is 0 Å². The number of nitrogens with two attached hydrogens (primary N) is 1. The fourth-order valence-electron chi connectivity index (χ4n) is 1.90. The number of hydrogen-bond donors (Lipinski definition) is 1. The maximum atomic E-state index is 13.1. The van der Waals surface area contributed by atoms with E-state index in [1.807, 2.05) is 0 Å². The van der Waals surface area contributed by atoms with Crippen molar-refractivity contribution in [2.45, 2.75) is 6.54 Å². The molecule has 110 valence electrons. The summed E-state index contributed by atoms with van der Waals surface area (Å²) in [5, 5.41) is 0.846. The molecule has 2 rings (SSSR count). The highest BCUT2D eigenvalue weighted by Crippen LogP contribution is 2.26. The van der Waals surface area contributed by atoms with Gasteiger partial charge in [-0.3, -0.25) is 4.79 Å². The van der Waals surface area contributed by atoms with E-state index in [1.54, 1.807) is 25.2 Å². The largest absolute Gasteiger partial charge is 0.396 e. The Bertz CT molecular complexity index is 691. The fourth-order valence-corrected chi connectivity index (χ4v) is 2.27. The van der Waals surface area contributed by atoms with Gasteiger partial charge >= 0.3 is 0 Å². The third-order valence-electron chi connectivity index (χ3n) is 3.03. The third-order valence-corrected chi connectivity index (χ3v) is 3.89. The van der Waals surface area contributed by atoms with Crippen LogP contribution in [0.2, 0.25) is 10.0 Å². The number of hydrogen-bond acceptors (Lipinski definition) is 2. The summed E-state index contributed by atoms with van der Waals surface area (Å²) in [5.74, 6) is -0.829. The number of carbonyl (C=O) groups excluding carboxylic acids is 1. The van der Waals surface area contributed by atoms with Crippen molar-refractivity contribution in [1.29, 1.82) is 0 Å². The molecule has 0 aliphatic carbocycles. The highest BCUT2D eigenvalue weighted by Gasteiger charge is 2.15. The van der Waals surface area contributed by atoms with Gasteiger partial charge in [0.15, 0.2) is 0 Å². The van der Waals surface area contributed by atoms with Crippen LogP contribution in [0.4, 0.5) is 10.1 Å². The van der Waals surface area contributed by atoms with Crippen LogP contribution >= 0.6 is 23.2 Å². The average molecular weight is 327 g/mol. The van der Waals surface area contributed by atoms with Crippen LogP contribution in [0.25, 0.3) is 0 Å². The average Bonchev–Trinajstić information content (AvgIpc) is 2.46. The van der Waals surface area contributed by atoms with Crippen molar-refractivity contribution in [3.05, 3.63) is 63.4 Å². The van der Waals surface area contributed by atoms with Crippen LogP contribution in [0.5, 0.6) is 0 Å². The van der Waals surface area contributed by atoms with Gasteiger partial charge in [0.25, 0.3) is 5.91 Å². The minimum Gasteiger partial charge on any atom is -0.396 e. The summed E-state index contributed by atoms with van der Waals surface area (Å²) >= 11 is 12.0. The van der Waals surface area contributed by atoms with Gasteiger partial charge in [0, 0.05) is 19.2 Å². The number of rotatable bonds is 3. The predicted molar refractivity (Wildman–Crippen MR) is 83.1 cm³/mol. The van der Waals surface area contributed by atoms with Crippen molar-refractivity contribution in [1.82, 2.24) is 4.90 Å². The van der Waals surface area contributed by atoms with Gasteiger partial charge < -0.3 is 10.6 Å². The summed E-state index contributed by atoms with van der Waals surface area (Å²) in [4.78, 5) is 13.7. The van der Waals surface area contributed by atoms with E-state index >= 15 is 0 Å². The molecule has 0 aliphatic rings. The summed E-state index contributed by atoms with van der Waals surface area (Å²) in [7, 11) is 1.62. The molecule has 0 saturated carbocycles. The van der Waals surface area contributed by atoms with Crippen LogP contribution in [0, 0.1) is 5.82 Å². The summed E-state index contributed by atoms with van der Waals surface area (Å²) < 4.78 is 13.1. The minimum atomic E-state index is -0.549. The molecular formula is C15H13Cl2FN2O. The maximum Gasteiger partial charge on any atom is 0.253 e. The molecule has 0 aliphatic heterocycles. The zero-order valence-electron chi connectivity index (χ0n) is 11.2. The lowest BCUT2D eigenvalue weighted by Crippen LogP contribution is -2.26. The SMILES string of the molecule is CN(Cc1cccc(Cl)c1Cl)C(=O)c1ccc(F)c(N)c1. The maximum absolute atomic E-state index is 13.1. The number of benzene rings is 2. The number of nitrogen functional groups attached to an aromatic ring is 1. The Kier molecular flexibility index (Phi) is 4.70.